The van der Waals surface area contributed by atoms with E-state index in [9.17, 15) is 14.4 Å². The number of ether oxygens (including phenoxy) is 3. The highest BCUT2D eigenvalue weighted by atomic mass is 16.6. The molecular formula is C76H134O6. The quantitative estimate of drug-likeness (QED) is 0.0261. The Kier molecular flexibility index (Phi) is 67.2. The molecule has 0 aliphatic rings. The molecule has 0 N–H and O–H groups in total. The number of hydrogen-bond acceptors (Lipinski definition) is 6. The summed E-state index contributed by atoms with van der Waals surface area (Å²) in [5.41, 5.74) is 0. The van der Waals surface area contributed by atoms with Crippen molar-refractivity contribution in [3.8, 4) is 0 Å². The van der Waals surface area contributed by atoms with Gasteiger partial charge in [-0.2, -0.15) is 0 Å². The molecule has 0 aliphatic heterocycles. The number of carbonyl (C=O) groups is 3. The molecule has 0 saturated heterocycles. The molecule has 1 atom stereocenters. The lowest BCUT2D eigenvalue weighted by atomic mass is 10.0. The van der Waals surface area contributed by atoms with Crippen molar-refractivity contribution in [2.24, 2.45) is 0 Å². The highest BCUT2D eigenvalue weighted by molar-refractivity contribution is 5.71. The Labute approximate surface area is 509 Å². The van der Waals surface area contributed by atoms with E-state index in [2.05, 4.69) is 106 Å². The molecule has 0 amide bonds. The molecule has 82 heavy (non-hydrogen) atoms. The lowest BCUT2D eigenvalue weighted by Gasteiger charge is -2.18. The molecule has 0 rings (SSSR count). The van der Waals surface area contributed by atoms with E-state index in [0.29, 0.717) is 19.3 Å². The molecule has 0 spiro atoms. The van der Waals surface area contributed by atoms with Crippen LogP contribution in [0.3, 0.4) is 0 Å². The predicted molar refractivity (Wildman–Crippen MR) is 358 cm³/mol. The number of unbranched alkanes of at least 4 members (excludes halogenated alkanes) is 40. The first-order valence-corrected chi connectivity index (χ1v) is 35.6. The second kappa shape index (κ2) is 70.1. The normalized spacial score (nSPS) is 12.6. The Morgan fingerprint density at radius 3 is 0.744 bits per heavy atom. The van der Waals surface area contributed by atoms with Crippen molar-refractivity contribution in [2.45, 2.75) is 367 Å². The smallest absolute Gasteiger partial charge is 0.306 e. The molecule has 0 aromatic carbocycles. The van der Waals surface area contributed by atoms with Gasteiger partial charge in [0.1, 0.15) is 13.2 Å². The first-order valence-electron chi connectivity index (χ1n) is 35.6. The number of carbonyl (C=O) groups excluding carboxylic acids is 3. The Morgan fingerprint density at radius 2 is 0.476 bits per heavy atom. The van der Waals surface area contributed by atoms with Gasteiger partial charge in [0, 0.05) is 19.3 Å². The largest absolute Gasteiger partial charge is 0.462 e. The fourth-order valence-electron chi connectivity index (χ4n) is 10.4. The van der Waals surface area contributed by atoms with Gasteiger partial charge in [-0.25, -0.2) is 0 Å². The first kappa shape index (κ1) is 78.6. The van der Waals surface area contributed by atoms with Crippen molar-refractivity contribution < 1.29 is 28.6 Å². The van der Waals surface area contributed by atoms with Crippen LogP contribution < -0.4 is 0 Å². The van der Waals surface area contributed by atoms with Gasteiger partial charge in [-0.1, -0.05) is 337 Å². The zero-order valence-corrected chi connectivity index (χ0v) is 54.5. The van der Waals surface area contributed by atoms with Crippen LogP contribution >= 0.6 is 0 Å². The molecule has 6 heteroatoms. The summed E-state index contributed by atoms with van der Waals surface area (Å²) in [4.78, 5) is 38.3. The fraction of sp³-hybridized carbons (Fsp3) is 0.776. The predicted octanol–water partition coefficient (Wildman–Crippen LogP) is 24.6. The molecule has 0 saturated carbocycles. The monoisotopic (exact) mass is 1140 g/mol. The summed E-state index contributed by atoms with van der Waals surface area (Å²) in [5.74, 6) is -0.864. The third-order valence-corrected chi connectivity index (χ3v) is 15.6. The molecule has 0 fully saturated rings. The summed E-state index contributed by atoms with van der Waals surface area (Å²) in [5, 5.41) is 0. The summed E-state index contributed by atoms with van der Waals surface area (Å²) in [6.07, 6.45) is 93.4. The molecule has 0 heterocycles. The Balaban J connectivity index is 4.09. The summed E-state index contributed by atoms with van der Waals surface area (Å²) in [6.45, 7) is 6.45. The van der Waals surface area contributed by atoms with E-state index in [-0.39, 0.29) is 31.1 Å². The molecule has 0 radical (unpaired) electrons. The van der Waals surface area contributed by atoms with Crippen molar-refractivity contribution >= 4 is 17.9 Å². The maximum absolute atomic E-state index is 12.9. The summed E-state index contributed by atoms with van der Waals surface area (Å²) in [7, 11) is 0. The van der Waals surface area contributed by atoms with Gasteiger partial charge >= 0.3 is 17.9 Å². The number of rotatable bonds is 65. The topological polar surface area (TPSA) is 78.9 Å². The zero-order chi connectivity index (χ0) is 59.2. The average Bonchev–Trinajstić information content (AvgIpc) is 3.47. The second-order valence-electron chi connectivity index (χ2n) is 23.7. The van der Waals surface area contributed by atoms with E-state index < -0.39 is 6.10 Å². The molecule has 474 valence electrons. The van der Waals surface area contributed by atoms with Crippen molar-refractivity contribution in [2.75, 3.05) is 13.2 Å². The Morgan fingerprint density at radius 1 is 0.256 bits per heavy atom. The van der Waals surface area contributed by atoms with Crippen LogP contribution in [-0.2, 0) is 28.6 Å². The average molecular weight is 1140 g/mol. The van der Waals surface area contributed by atoms with E-state index in [0.717, 1.165) is 109 Å². The minimum absolute atomic E-state index is 0.0744. The molecule has 0 aliphatic carbocycles. The van der Waals surface area contributed by atoms with Gasteiger partial charge in [0.15, 0.2) is 6.10 Å². The van der Waals surface area contributed by atoms with Gasteiger partial charge in [-0.05, 0) is 89.9 Å². The lowest BCUT2D eigenvalue weighted by Crippen LogP contribution is -2.30. The summed E-state index contributed by atoms with van der Waals surface area (Å²) >= 11 is 0. The minimum atomic E-state index is -0.778. The number of hydrogen-bond donors (Lipinski definition) is 0. The van der Waals surface area contributed by atoms with Gasteiger partial charge in [0.25, 0.3) is 0 Å². The van der Waals surface area contributed by atoms with E-state index >= 15 is 0 Å². The van der Waals surface area contributed by atoms with E-state index in [4.69, 9.17) is 14.2 Å². The van der Waals surface area contributed by atoms with Crippen LogP contribution in [0, 0.1) is 0 Å². The molecular weight excluding hydrogens is 1010 g/mol. The molecule has 6 nitrogen and oxygen atoms in total. The Bertz CT molecular complexity index is 1550. The summed E-state index contributed by atoms with van der Waals surface area (Å²) in [6, 6.07) is 0. The maximum atomic E-state index is 12.9. The van der Waals surface area contributed by atoms with Gasteiger partial charge in [-0.15, -0.1) is 0 Å². The van der Waals surface area contributed by atoms with E-state index in [1.807, 2.05) is 0 Å². The van der Waals surface area contributed by atoms with Gasteiger partial charge in [0.05, 0.1) is 0 Å². The lowest BCUT2D eigenvalue weighted by molar-refractivity contribution is -0.167. The van der Waals surface area contributed by atoms with Gasteiger partial charge in [0.2, 0.25) is 0 Å². The highest BCUT2D eigenvalue weighted by Gasteiger charge is 2.19. The maximum Gasteiger partial charge on any atom is 0.306 e. The van der Waals surface area contributed by atoms with Crippen LogP contribution in [-0.4, -0.2) is 37.2 Å². The van der Waals surface area contributed by atoms with Crippen LogP contribution in [0.25, 0.3) is 0 Å². The SMILES string of the molecule is CC/C=C\C/C=C\C/C=C\C/C=C\CCCCCCCCCCCCCCCCCCCCCCCCC(=O)OCC(COC(=O)CCCCCCCCCCCCCC)OC(=O)CCCCCCCCC/C=C\C/C=C\C/C=C\CC. The van der Waals surface area contributed by atoms with Crippen molar-refractivity contribution in [1.29, 1.82) is 0 Å². The first-order chi connectivity index (χ1) is 40.5. The van der Waals surface area contributed by atoms with Gasteiger partial charge in [-0.3, -0.25) is 14.4 Å². The molecule has 0 aromatic heterocycles. The van der Waals surface area contributed by atoms with Crippen molar-refractivity contribution in [3.05, 3.63) is 85.1 Å². The van der Waals surface area contributed by atoms with Gasteiger partial charge < -0.3 is 14.2 Å². The fourth-order valence-corrected chi connectivity index (χ4v) is 10.4. The van der Waals surface area contributed by atoms with Crippen molar-refractivity contribution in [1.82, 2.24) is 0 Å². The second-order valence-corrected chi connectivity index (χ2v) is 23.7. The standard InChI is InChI=1S/C76H134O6/c1-4-7-10-13-16-19-22-25-27-29-30-31-32-33-34-35-36-37-38-39-40-41-42-43-44-45-46-48-49-51-54-57-60-63-66-69-75(78)81-72-73(71-80-74(77)68-65-62-59-56-53-24-21-18-15-12-9-6-3)82-76(79)70-67-64-61-58-55-52-50-47-28-26-23-20-17-14-11-8-5-2/h7-8,10-11,16-17,19-20,25-28,30-31,73H,4-6,9,12-15,18,21-24,29,32-72H2,1-3H3/b10-7-,11-8-,19-16-,20-17-,27-25-,28-26-,31-30-. The summed E-state index contributed by atoms with van der Waals surface area (Å²) < 4.78 is 17.0. The van der Waals surface area contributed by atoms with Crippen LogP contribution in [0.4, 0.5) is 0 Å². The van der Waals surface area contributed by atoms with Crippen LogP contribution in [0.2, 0.25) is 0 Å². The molecule has 1 unspecified atom stereocenters. The van der Waals surface area contributed by atoms with Crippen LogP contribution in [0.1, 0.15) is 361 Å². The zero-order valence-electron chi connectivity index (χ0n) is 54.5. The Hall–Kier alpha value is -3.41. The third-order valence-electron chi connectivity index (χ3n) is 15.6. The molecule has 0 aromatic rings. The van der Waals surface area contributed by atoms with E-state index in [1.54, 1.807) is 0 Å². The van der Waals surface area contributed by atoms with Crippen molar-refractivity contribution in [3.63, 3.8) is 0 Å². The third kappa shape index (κ3) is 67.4. The van der Waals surface area contributed by atoms with Crippen LogP contribution in [0.15, 0.2) is 85.1 Å². The number of esters is 3. The molecule has 0 bridgehead atoms. The highest BCUT2D eigenvalue weighted by Crippen LogP contribution is 2.18. The number of allylic oxidation sites excluding steroid dienone is 14. The van der Waals surface area contributed by atoms with Crippen LogP contribution in [0.5, 0.6) is 0 Å². The van der Waals surface area contributed by atoms with E-state index in [1.165, 1.54) is 212 Å². The minimum Gasteiger partial charge on any atom is -0.462 e.